The third-order valence-corrected chi connectivity index (χ3v) is 6.43. The number of hydrogen-bond donors (Lipinski definition) is 0. The maximum absolute atomic E-state index is 13.3. The predicted octanol–water partition coefficient (Wildman–Crippen LogP) is 3.27. The average Bonchev–Trinajstić information content (AvgIpc) is 2.72. The zero-order valence-electron chi connectivity index (χ0n) is 17.7. The molecule has 4 rings (SSSR count). The summed E-state index contributed by atoms with van der Waals surface area (Å²) in [5.74, 6) is 0.190. The molecular formula is C24H31N3O2. The van der Waals surface area contributed by atoms with Gasteiger partial charge in [0.1, 0.15) is 11.6 Å². The summed E-state index contributed by atoms with van der Waals surface area (Å²) in [6.45, 7) is 9.37. The predicted molar refractivity (Wildman–Crippen MR) is 115 cm³/mol. The molecule has 2 fully saturated rings. The van der Waals surface area contributed by atoms with Crippen molar-refractivity contribution in [2.24, 2.45) is 0 Å². The van der Waals surface area contributed by atoms with Crippen LogP contribution in [0.15, 0.2) is 42.5 Å². The second-order valence-electron chi connectivity index (χ2n) is 8.83. The van der Waals surface area contributed by atoms with Crippen molar-refractivity contribution in [3.63, 3.8) is 0 Å². The van der Waals surface area contributed by atoms with E-state index in [1.165, 1.54) is 16.3 Å². The lowest BCUT2D eigenvalue weighted by Gasteiger charge is -2.52. The fourth-order valence-corrected chi connectivity index (χ4v) is 4.66. The normalized spacial score (nSPS) is 22.2. The van der Waals surface area contributed by atoms with E-state index in [9.17, 15) is 9.59 Å². The topological polar surface area (TPSA) is 43.9 Å². The van der Waals surface area contributed by atoms with E-state index in [4.69, 9.17) is 0 Å². The fraction of sp³-hybridized carbons (Fsp3) is 0.500. The Morgan fingerprint density at radius 2 is 1.79 bits per heavy atom. The van der Waals surface area contributed by atoms with Crippen molar-refractivity contribution in [3.8, 4) is 0 Å². The molecule has 2 heterocycles. The van der Waals surface area contributed by atoms with E-state index in [0.717, 1.165) is 25.9 Å². The summed E-state index contributed by atoms with van der Waals surface area (Å²) in [7, 11) is 0. The van der Waals surface area contributed by atoms with Gasteiger partial charge >= 0.3 is 0 Å². The number of hydrogen-bond acceptors (Lipinski definition) is 3. The first-order valence-electron chi connectivity index (χ1n) is 10.7. The molecular weight excluding hydrogens is 362 g/mol. The number of piperazine rings is 2. The van der Waals surface area contributed by atoms with Crippen molar-refractivity contribution in [1.82, 2.24) is 14.7 Å². The number of fused-ring (bicyclic) bond motifs is 2. The van der Waals surface area contributed by atoms with Gasteiger partial charge in [0.2, 0.25) is 11.8 Å². The van der Waals surface area contributed by atoms with Crippen LogP contribution in [0.1, 0.15) is 39.2 Å². The highest BCUT2D eigenvalue weighted by Crippen LogP contribution is 2.30. The number of carbonyl (C=O) groups is 2. The Kier molecular flexibility index (Phi) is 5.34. The molecule has 2 aliphatic rings. The Balaban J connectivity index is 1.51. The van der Waals surface area contributed by atoms with E-state index < -0.39 is 5.54 Å². The van der Waals surface area contributed by atoms with Crippen molar-refractivity contribution in [2.75, 3.05) is 26.2 Å². The minimum atomic E-state index is -0.747. The molecule has 2 aromatic carbocycles. The van der Waals surface area contributed by atoms with Gasteiger partial charge in [-0.15, -0.1) is 0 Å². The molecule has 0 aliphatic carbocycles. The lowest BCUT2D eigenvalue weighted by molar-refractivity contribution is -0.172. The van der Waals surface area contributed by atoms with Gasteiger partial charge < -0.3 is 9.80 Å². The summed E-state index contributed by atoms with van der Waals surface area (Å²) < 4.78 is 0. The second kappa shape index (κ2) is 7.79. The lowest BCUT2D eigenvalue weighted by atomic mass is 9.91. The average molecular weight is 394 g/mol. The van der Waals surface area contributed by atoms with Gasteiger partial charge in [0.25, 0.3) is 0 Å². The number of amides is 2. The van der Waals surface area contributed by atoms with E-state index in [1.54, 1.807) is 0 Å². The minimum Gasteiger partial charge on any atom is -0.327 e. The molecule has 5 heteroatoms. The van der Waals surface area contributed by atoms with Crippen LogP contribution in [0.2, 0.25) is 0 Å². The highest BCUT2D eigenvalue weighted by Gasteiger charge is 2.51. The van der Waals surface area contributed by atoms with Crippen LogP contribution in [0.5, 0.6) is 0 Å². The second-order valence-corrected chi connectivity index (χ2v) is 8.83. The molecule has 0 bridgehead atoms. The van der Waals surface area contributed by atoms with Crippen molar-refractivity contribution in [1.29, 1.82) is 0 Å². The Labute approximate surface area is 173 Å². The molecule has 154 valence electrons. The maximum Gasteiger partial charge on any atom is 0.248 e. The first-order valence-corrected chi connectivity index (χ1v) is 10.7. The van der Waals surface area contributed by atoms with Gasteiger partial charge in [-0.25, -0.2) is 0 Å². The molecule has 1 unspecified atom stereocenters. The Morgan fingerprint density at radius 3 is 2.55 bits per heavy atom. The highest BCUT2D eigenvalue weighted by molar-refractivity contribution is 5.99. The lowest BCUT2D eigenvalue weighted by Crippen LogP contribution is -2.73. The number of unbranched alkanes of at least 4 members (excludes halogenated alkanes) is 1. The number of carbonyl (C=O) groups excluding carboxylic acids is 2. The van der Waals surface area contributed by atoms with Gasteiger partial charge in [-0.3, -0.25) is 14.5 Å². The molecule has 2 saturated heterocycles. The third kappa shape index (κ3) is 3.64. The summed E-state index contributed by atoms with van der Waals surface area (Å²) >= 11 is 0. The maximum atomic E-state index is 13.3. The zero-order valence-corrected chi connectivity index (χ0v) is 17.7. The van der Waals surface area contributed by atoms with Crippen LogP contribution in [0.25, 0.3) is 10.8 Å². The summed E-state index contributed by atoms with van der Waals surface area (Å²) in [5.41, 5.74) is 0.499. The fourth-order valence-electron chi connectivity index (χ4n) is 4.66. The molecule has 0 spiro atoms. The molecule has 0 aromatic heterocycles. The summed E-state index contributed by atoms with van der Waals surface area (Å²) in [6, 6.07) is 14.6. The smallest absolute Gasteiger partial charge is 0.248 e. The molecule has 5 nitrogen and oxygen atoms in total. The van der Waals surface area contributed by atoms with E-state index in [0.29, 0.717) is 19.6 Å². The standard InChI is InChI=1S/C24H31N3O2/c1-4-5-12-27-22(28)21-17-25(13-14-26(21)23(29)24(27,2)3)16-18-10-11-19-8-6-7-9-20(19)15-18/h6-11,15,21H,4-5,12-14,16-17H2,1-3H3. The number of nitrogens with zero attached hydrogens (tertiary/aromatic N) is 3. The largest absolute Gasteiger partial charge is 0.327 e. The van der Waals surface area contributed by atoms with E-state index in [1.807, 2.05) is 23.6 Å². The molecule has 29 heavy (non-hydrogen) atoms. The van der Waals surface area contributed by atoms with Crippen LogP contribution in [-0.2, 0) is 16.1 Å². The van der Waals surface area contributed by atoms with E-state index in [2.05, 4.69) is 54.3 Å². The third-order valence-electron chi connectivity index (χ3n) is 6.43. The van der Waals surface area contributed by atoms with Crippen LogP contribution in [0, 0.1) is 0 Å². The van der Waals surface area contributed by atoms with Gasteiger partial charge in [-0.1, -0.05) is 49.7 Å². The van der Waals surface area contributed by atoms with Gasteiger partial charge in [0, 0.05) is 32.7 Å². The van der Waals surface area contributed by atoms with E-state index >= 15 is 0 Å². The molecule has 0 N–H and O–H groups in total. The molecule has 2 amide bonds. The highest BCUT2D eigenvalue weighted by atomic mass is 16.2. The molecule has 0 radical (unpaired) electrons. The Hall–Kier alpha value is -2.40. The summed E-state index contributed by atoms with van der Waals surface area (Å²) in [5, 5.41) is 2.47. The van der Waals surface area contributed by atoms with Crippen molar-refractivity contribution < 1.29 is 9.59 Å². The summed E-state index contributed by atoms with van der Waals surface area (Å²) in [6.07, 6.45) is 1.94. The van der Waals surface area contributed by atoms with Gasteiger partial charge in [-0.2, -0.15) is 0 Å². The van der Waals surface area contributed by atoms with Crippen LogP contribution >= 0.6 is 0 Å². The van der Waals surface area contributed by atoms with E-state index in [-0.39, 0.29) is 17.9 Å². The zero-order chi connectivity index (χ0) is 20.6. The SMILES string of the molecule is CCCCN1C(=O)C2CN(Cc3ccc4ccccc4c3)CCN2C(=O)C1(C)C. The molecule has 1 atom stereocenters. The van der Waals surface area contributed by atoms with Crippen molar-refractivity contribution >= 4 is 22.6 Å². The monoisotopic (exact) mass is 393 g/mol. The van der Waals surface area contributed by atoms with Gasteiger partial charge in [-0.05, 0) is 42.7 Å². The van der Waals surface area contributed by atoms with Gasteiger partial charge in [0.15, 0.2) is 0 Å². The first kappa shape index (κ1) is 19.9. The number of benzene rings is 2. The first-order chi connectivity index (χ1) is 13.9. The van der Waals surface area contributed by atoms with Crippen LogP contribution in [0.4, 0.5) is 0 Å². The molecule has 0 saturated carbocycles. The van der Waals surface area contributed by atoms with Crippen molar-refractivity contribution in [3.05, 3.63) is 48.0 Å². The quantitative estimate of drug-likeness (QED) is 0.783. The minimum absolute atomic E-state index is 0.0866. The van der Waals surface area contributed by atoms with Crippen LogP contribution in [0.3, 0.4) is 0 Å². The Morgan fingerprint density at radius 1 is 1.03 bits per heavy atom. The van der Waals surface area contributed by atoms with Crippen LogP contribution < -0.4 is 0 Å². The molecule has 2 aromatic rings. The van der Waals surface area contributed by atoms with Crippen molar-refractivity contribution in [2.45, 2.75) is 51.7 Å². The number of rotatable bonds is 5. The van der Waals surface area contributed by atoms with Gasteiger partial charge in [0.05, 0.1) is 0 Å². The molecule has 2 aliphatic heterocycles. The van der Waals surface area contributed by atoms with Crippen LogP contribution in [-0.4, -0.2) is 64.3 Å². The Bertz CT molecular complexity index is 923. The summed E-state index contributed by atoms with van der Waals surface area (Å²) in [4.78, 5) is 32.4.